The van der Waals surface area contributed by atoms with Gasteiger partial charge in [-0.3, -0.25) is 39.1 Å². The third kappa shape index (κ3) is 6.15. The van der Waals surface area contributed by atoms with Crippen molar-refractivity contribution < 1.29 is 28.7 Å². The van der Waals surface area contributed by atoms with Gasteiger partial charge in [-0.2, -0.15) is 0 Å². The molecule has 2 aromatic carbocycles. The molecule has 5 rings (SSSR count). The van der Waals surface area contributed by atoms with Crippen LogP contribution in [0.1, 0.15) is 52.0 Å². The number of rotatable bonds is 10. The summed E-state index contributed by atoms with van der Waals surface area (Å²) in [6.45, 7) is 4.53. The van der Waals surface area contributed by atoms with Crippen LogP contribution in [0, 0.1) is 0 Å². The highest BCUT2D eigenvalue weighted by atomic mass is 16.5. The van der Waals surface area contributed by atoms with Gasteiger partial charge in [0.2, 0.25) is 17.7 Å². The monoisotopic (exact) mass is 575 g/mol. The lowest BCUT2D eigenvalue weighted by Crippen LogP contribution is -2.54. The summed E-state index contributed by atoms with van der Waals surface area (Å²) in [4.78, 5) is 70.5. The number of anilines is 1. The second kappa shape index (κ2) is 12.7. The summed E-state index contributed by atoms with van der Waals surface area (Å²) in [6, 6.07) is 12.0. The van der Waals surface area contributed by atoms with Crippen LogP contribution in [-0.2, 0) is 20.8 Å². The minimum absolute atomic E-state index is 0.0856. The number of ether oxygens (including phenoxy) is 1. The number of carbonyl (C=O) groups is 5. The highest BCUT2D eigenvalue weighted by Gasteiger charge is 2.45. The molecule has 2 saturated heterocycles. The van der Waals surface area contributed by atoms with Crippen molar-refractivity contribution in [2.75, 3.05) is 58.3 Å². The lowest BCUT2D eigenvalue weighted by molar-refractivity contribution is -0.136. The molecule has 3 aliphatic rings. The number of carbonyl (C=O) groups excluding carboxylic acids is 5. The molecular formula is C31H37N5O6. The molecule has 11 heteroatoms. The van der Waals surface area contributed by atoms with Gasteiger partial charge in [0.15, 0.2) is 0 Å². The van der Waals surface area contributed by atoms with Crippen molar-refractivity contribution in [1.82, 2.24) is 20.0 Å². The average molecular weight is 576 g/mol. The molecule has 2 fully saturated rings. The molecule has 0 radical (unpaired) electrons. The summed E-state index contributed by atoms with van der Waals surface area (Å²) in [5.41, 5.74) is 2.31. The van der Waals surface area contributed by atoms with Gasteiger partial charge in [-0.1, -0.05) is 18.2 Å². The molecule has 3 heterocycles. The van der Waals surface area contributed by atoms with Gasteiger partial charge in [0.25, 0.3) is 11.8 Å². The minimum Gasteiger partial charge on any atom is -0.497 e. The minimum atomic E-state index is -0.986. The van der Waals surface area contributed by atoms with Crippen molar-refractivity contribution in [3.8, 4) is 5.75 Å². The van der Waals surface area contributed by atoms with E-state index in [1.807, 2.05) is 47.2 Å². The Labute approximate surface area is 245 Å². The Morgan fingerprint density at radius 2 is 1.79 bits per heavy atom. The van der Waals surface area contributed by atoms with E-state index in [-0.39, 0.29) is 24.3 Å². The van der Waals surface area contributed by atoms with Crippen LogP contribution in [0.2, 0.25) is 0 Å². The van der Waals surface area contributed by atoms with E-state index in [4.69, 9.17) is 4.74 Å². The molecule has 3 aliphatic heterocycles. The van der Waals surface area contributed by atoms with Gasteiger partial charge in [-0.15, -0.1) is 0 Å². The summed E-state index contributed by atoms with van der Waals surface area (Å²) in [7, 11) is 3.53. The van der Waals surface area contributed by atoms with E-state index >= 15 is 0 Å². The molecule has 0 aliphatic carbocycles. The SMILES string of the molecule is COc1cccc(CCC(=O)N2CCN(CCCN(C)c3cccc4c3C(=O)N(C3CCC(=O)NC3=O)C4=O)CC2)c1. The maximum atomic E-state index is 13.4. The maximum absolute atomic E-state index is 13.4. The van der Waals surface area contributed by atoms with Crippen molar-refractivity contribution >= 4 is 35.2 Å². The average Bonchev–Trinajstić information content (AvgIpc) is 3.25. The number of nitrogens with zero attached hydrogens (tertiary/aromatic N) is 4. The van der Waals surface area contributed by atoms with E-state index in [1.54, 1.807) is 19.2 Å². The first-order chi connectivity index (χ1) is 20.3. The molecule has 11 nitrogen and oxygen atoms in total. The largest absolute Gasteiger partial charge is 0.497 e. The smallest absolute Gasteiger partial charge is 0.264 e. The zero-order chi connectivity index (χ0) is 29.8. The first-order valence-corrected chi connectivity index (χ1v) is 14.5. The standard InChI is InChI=1S/C31H37N5O6/c1-33(24-9-4-8-23-28(24)31(41)36(30(23)40)25-11-12-26(37)32-29(25)39)14-5-15-34-16-18-35(19-17-34)27(38)13-10-21-6-3-7-22(20-21)42-2/h3-4,6-9,20,25H,5,10-19H2,1-2H3,(H,32,37,39). The van der Waals surface area contributed by atoms with Gasteiger partial charge in [-0.25, -0.2) is 0 Å². The fourth-order valence-electron chi connectivity index (χ4n) is 5.93. The number of benzene rings is 2. The first kappa shape index (κ1) is 29.2. The van der Waals surface area contributed by atoms with E-state index in [0.29, 0.717) is 43.7 Å². The molecule has 2 aromatic rings. The second-order valence-electron chi connectivity index (χ2n) is 11.0. The lowest BCUT2D eigenvalue weighted by Gasteiger charge is -2.35. The molecule has 5 amide bonds. The van der Waals surface area contributed by atoms with Crippen LogP contribution < -0.4 is 15.0 Å². The lowest BCUT2D eigenvalue weighted by atomic mass is 10.0. The molecule has 1 atom stereocenters. The number of methoxy groups -OCH3 is 1. The third-order valence-electron chi connectivity index (χ3n) is 8.31. The molecule has 0 spiro atoms. The fourth-order valence-corrected chi connectivity index (χ4v) is 5.93. The van der Waals surface area contributed by atoms with Crippen molar-refractivity contribution in [2.45, 2.75) is 38.1 Å². The van der Waals surface area contributed by atoms with Crippen molar-refractivity contribution in [3.05, 3.63) is 59.2 Å². The molecule has 1 N–H and O–H groups in total. The summed E-state index contributed by atoms with van der Waals surface area (Å²) < 4.78 is 5.27. The quantitative estimate of drug-likeness (QED) is 0.426. The Balaban J connectivity index is 1.10. The number of amides is 5. The van der Waals surface area contributed by atoms with Gasteiger partial charge in [0.1, 0.15) is 11.8 Å². The number of nitrogens with one attached hydrogen (secondary N) is 1. The van der Waals surface area contributed by atoms with E-state index in [0.717, 1.165) is 42.3 Å². The van der Waals surface area contributed by atoms with E-state index in [9.17, 15) is 24.0 Å². The molecule has 0 saturated carbocycles. The van der Waals surface area contributed by atoms with Crippen LogP contribution in [0.15, 0.2) is 42.5 Å². The highest BCUT2D eigenvalue weighted by Crippen LogP contribution is 2.34. The van der Waals surface area contributed by atoms with Crippen molar-refractivity contribution in [3.63, 3.8) is 0 Å². The molecule has 1 unspecified atom stereocenters. The zero-order valence-electron chi connectivity index (χ0n) is 24.1. The number of piperidine rings is 1. The molecule has 0 bridgehead atoms. The normalized spacial score (nSPS) is 19.1. The zero-order valence-corrected chi connectivity index (χ0v) is 24.1. The molecule has 42 heavy (non-hydrogen) atoms. The van der Waals surface area contributed by atoms with Gasteiger partial charge in [0.05, 0.1) is 23.9 Å². The number of hydrogen-bond acceptors (Lipinski definition) is 8. The number of piperazine rings is 1. The van der Waals surface area contributed by atoms with Crippen LogP contribution in [-0.4, -0.2) is 104 Å². The van der Waals surface area contributed by atoms with Crippen molar-refractivity contribution in [1.29, 1.82) is 0 Å². The predicted molar refractivity (Wildman–Crippen MR) is 155 cm³/mol. The van der Waals surface area contributed by atoms with Crippen LogP contribution >= 0.6 is 0 Å². The van der Waals surface area contributed by atoms with Gasteiger partial charge in [0, 0.05) is 52.6 Å². The fraction of sp³-hybridized carbons (Fsp3) is 0.452. The topological polar surface area (TPSA) is 120 Å². The maximum Gasteiger partial charge on any atom is 0.264 e. The van der Waals surface area contributed by atoms with Crippen LogP contribution in [0.5, 0.6) is 5.75 Å². The third-order valence-corrected chi connectivity index (χ3v) is 8.31. The second-order valence-corrected chi connectivity index (χ2v) is 11.0. The van der Waals surface area contributed by atoms with Crippen LogP contribution in [0.3, 0.4) is 0 Å². The Morgan fingerprint density at radius 3 is 2.52 bits per heavy atom. The van der Waals surface area contributed by atoms with Crippen LogP contribution in [0.4, 0.5) is 5.69 Å². The molecule has 0 aromatic heterocycles. The summed E-state index contributed by atoms with van der Waals surface area (Å²) >= 11 is 0. The first-order valence-electron chi connectivity index (χ1n) is 14.5. The Morgan fingerprint density at radius 1 is 1.02 bits per heavy atom. The van der Waals surface area contributed by atoms with E-state index in [1.165, 1.54) is 0 Å². The van der Waals surface area contributed by atoms with Gasteiger partial charge < -0.3 is 14.5 Å². The van der Waals surface area contributed by atoms with E-state index in [2.05, 4.69) is 10.2 Å². The summed E-state index contributed by atoms with van der Waals surface area (Å²) in [5, 5.41) is 2.23. The summed E-state index contributed by atoms with van der Waals surface area (Å²) in [6.07, 6.45) is 2.21. The van der Waals surface area contributed by atoms with E-state index < -0.39 is 29.7 Å². The number of aryl methyl sites for hydroxylation is 1. The summed E-state index contributed by atoms with van der Waals surface area (Å²) in [5.74, 6) is -1.05. The molecule has 222 valence electrons. The Bertz CT molecular complexity index is 1390. The van der Waals surface area contributed by atoms with Crippen LogP contribution in [0.25, 0.3) is 0 Å². The predicted octanol–water partition coefficient (Wildman–Crippen LogP) is 1.70. The van der Waals surface area contributed by atoms with Gasteiger partial charge in [-0.05, 0) is 55.6 Å². The highest BCUT2D eigenvalue weighted by molar-refractivity contribution is 6.25. The Kier molecular flexibility index (Phi) is 8.86. The Hall–Kier alpha value is -4.25. The van der Waals surface area contributed by atoms with Gasteiger partial charge >= 0.3 is 0 Å². The van der Waals surface area contributed by atoms with Crippen molar-refractivity contribution in [2.24, 2.45) is 0 Å². The number of imide groups is 2. The molecular weight excluding hydrogens is 538 g/mol. The number of fused-ring (bicyclic) bond motifs is 1. The number of hydrogen-bond donors (Lipinski definition) is 1.